The summed E-state index contributed by atoms with van der Waals surface area (Å²) < 4.78 is 4.53. The van der Waals surface area contributed by atoms with Crippen LogP contribution in [0, 0.1) is 0 Å². The minimum Gasteiger partial charge on any atom is -0.468 e. The molecule has 1 unspecified atom stereocenters. The van der Waals surface area contributed by atoms with Crippen molar-refractivity contribution in [3.63, 3.8) is 0 Å². The SMILES string of the molecule is COC(=O)C(N)CSCc1cccc(Cl)c1Cl. The summed E-state index contributed by atoms with van der Waals surface area (Å²) >= 11 is 13.4. The van der Waals surface area contributed by atoms with Crippen molar-refractivity contribution in [2.45, 2.75) is 11.8 Å². The van der Waals surface area contributed by atoms with E-state index in [0.29, 0.717) is 21.6 Å². The number of methoxy groups -OCH3 is 1. The predicted octanol–water partition coefficient (Wildman–Crippen LogP) is 2.73. The fourth-order valence-corrected chi connectivity index (χ4v) is 2.61. The topological polar surface area (TPSA) is 52.3 Å². The van der Waals surface area contributed by atoms with Gasteiger partial charge >= 0.3 is 5.97 Å². The monoisotopic (exact) mass is 293 g/mol. The summed E-state index contributed by atoms with van der Waals surface area (Å²) in [4.78, 5) is 11.1. The van der Waals surface area contributed by atoms with Gasteiger partial charge in [-0.25, -0.2) is 0 Å². The highest BCUT2D eigenvalue weighted by Crippen LogP contribution is 2.28. The number of benzene rings is 1. The molecule has 0 radical (unpaired) electrons. The molecule has 1 atom stereocenters. The summed E-state index contributed by atoms with van der Waals surface area (Å²) in [6, 6.07) is 4.86. The van der Waals surface area contributed by atoms with E-state index in [0.717, 1.165) is 5.56 Å². The van der Waals surface area contributed by atoms with Gasteiger partial charge in [0, 0.05) is 11.5 Å². The van der Waals surface area contributed by atoms with Crippen LogP contribution in [0.1, 0.15) is 5.56 Å². The zero-order valence-electron chi connectivity index (χ0n) is 9.28. The average molecular weight is 294 g/mol. The first-order chi connectivity index (χ1) is 8.06. The quantitative estimate of drug-likeness (QED) is 0.848. The minimum atomic E-state index is -0.608. The highest BCUT2D eigenvalue weighted by Gasteiger charge is 2.13. The van der Waals surface area contributed by atoms with E-state index in [1.165, 1.54) is 18.9 Å². The van der Waals surface area contributed by atoms with Gasteiger partial charge in [-0.1, -0.05) is 35.3 Å². The van der Waals surface area contributed by atoms with E-state index in [2.05, 4.69) is 4.74 Å². The first kappa shape index (κ1) is 14.6. The molecule has 3 nitrogen and oxygen atoms in total. The van der Waals surface area contributed by atoms with Gasteiger partial charge in [-0.3, -0.25) is 4.79 Å². The predicted molar refractivity (Wildman–Crippen MR) is 72.6 cm³/mol. The normalized spacial score (nSPS) is 12.2. The Kier molecular flexibility index (Phi) is 6.12. The third-order valence-corrected chi connectivity index (χ3v) is 4.06. The minimum absolute atomic E-state index is 0.408. The molecule has 94 valence electrons. The Hall–Kier alpha value is -0.420. The second kappa shape index (κ2) is 7.11. The smallest absolute Gasteiger partial charge is 0.323 e. The first-order valence-electron chi connectivity index (χ1n) is 4.90. The van der Waals surface area contributed by atoms with Crippen LogP contribution in [-0.4, -0.2) is 24.9 Å². The largest absolute Gasteiger partial charge is 0.468 e. The molecule has 1 aromatic carbocycles. The van der Waals surface area contributed by atoms with Crippen molar-refractivity contribution in [2.75, 3.05) is 12.9 Å². The van der Waals surface area contributed by atoms with Crippen LogP contribution >= 0.6 is 35.0 Å². The number of nitrogens with two attached hydrogens (primary N) is 1. The maximum absolute atomic E-state index is 11.1. The van der Waals surface area contributed by atoms with Crippen molar-refractivity contribution in [3.8, 4) is 0 Å². The van der Waals surface area contributed by atoms with Crippen LogP contribution in [-0.2, 0) is 15.3 Å². The number of thioether (sulfide) groups is 1. The molecule has 0 amide bonds. The van der Waals surface area contributed by atoms with E-state index in [9.17, 15) is 4.79 Å². The summed E-state index contributed by atoms with van der Waals surface area (Å²) in [7, 11) is 1.32. The molecule has 0 bridgehead atoms. The molecule has 1 rings (SSSR count). The Labute approximate surface area is 115 Å². The van der Waals surface area contributed by atoms with Crippen molar-refractivity contribution in [1.29, 1.82) is 0 Å². The molecule has 0 heterocycles. The zero-order valence-corrected chi connectivity index (χ0v) is 11.6. The zero-order chi connectivity index (χ0) is 12.8. The van der Waals surface area contributed by atoms with Crippen molar-refractivity contribution in [3.05, 3.63) is 33.8 Å². The molecule has 17 heavy (non-hydrogen) atoms. The number of ether oxygens (including phenoxy) is 1. The number of hydrogen-bond donors (Lipinski definition) is 1. The van der Waals surface area contributed by atoms with Crippen LogP contribution in [0.15, 0.2) is 18.2 Å². The fourth-order valence-electron chi connectivity index (χ4n) is 1.18. The molecule has 0 saturated heterocycles. The van der Waals surface area contributed by atoms with Crippen LogP contribution in [0.2, 0.25) is 10.0 Å². The summed E-state index contributed by atoms with van der Waals surface area (Å²) in [5.41, 5.74) is 6.54. The van der Waals surface area contributed by atoms with Crippen LogP contribution in [0.5, 0.6) is 0 Å². The van der Waals surface area contributed by atoms with Crippen LogP contribution < -0.4 is 5.73 Å². The summed E-state index contributed by atoms with van der Waals surface area (Å²) in [6.45, 7) is 0. The van der Waals surface area contributed by atoms with Gasteiger partial charge in [0.1, 0.15) is 6.04 Å². The lowest BCUT2D eigenvalue weighted by Crippen LogP contribution is -2.33. The molecule has 0 saturated carbocycles. The van der Waals surface area contributed by atoms with Gasteiger partial charge in [-0.15, -0.1) is 0 Å². The van der Waals surface area contributed by atoms with E-state index in [1.54, 1.807) is 6.07 Å². The van der Waals surface area contributed by atoms with Gasteiger partial charge in [-0.2, -0.15) is 11.8 Å². The van der Waals surface area contributed by atoms with E-state index < -0.39 is 12.0 Å². The van der Waals surface area contributed by atoms with E-state index in [4.69, 9.17) is 28.9 Å². The third-order valence-electron chi connectivity index (χ3n) is 2.09. The first-order valence-corrected chi connectivity index (χ1v) is 6.81. The number of rotatable bonds is 5. The average Bonchev–Trinajstić information content (AvgIpc) is 2.33. The Bertz CT molecular complexity index is 401. The number of carbonyl (C=O) groups is 1. The van der Waals surface area contributed by atoms with Crippen molar-refractivity contribution >= 4 is 40.9 Å². The third kappa shape index (κ3) is 4.39. The molecule has 2 N–H and O–H groups in total. The van der Waals surface area contributed by atoms with Gasteiger partial charge in [0.2, 0.25) is 0 Å². The van der Waals surface area contributed by atoms with E-state index >= 15 is 0 Å². The number of hydrogen-bond acceptors (Lipinski definition) is 4. The second-order valence-electron chi connectivity index (χ2n) is 3.36. The Morgan fingerprint density at radius 2 is 2.24 bits per heavy atom. The molecule has 0 aliphatic heterocycles. The lowest BCUT2D eigenvalue weighted by atomic mass is 10.2. The highest BCUT2D eigenvalue weighted by molar-refractivity contribution is 7.98. The van der Waals surface area contributed by atoms with Crippen LogP contribution in [0.25, 0.3) is 0 Å². The Morgan fingerprint density at radius 1 is 1.53 bits per heavy atom. The molecule has 0 spiro atoms. The molecular formula is C11H13Cl2NO2S. The van der Waals surface area contributed by atoms with Gasteiger partial charge in [0.15, 0.2) is 0 Å². The van der Waals surface area contributed by atoms with Crippen molar-refractivity contribution < 1.29 is 9.53 Å². The van der Waals surface area contributed by atoms with Crippen LogP contribution in [0.4, 0.5) is 0 Å². The lowest BCUT2D eigenvalue weighted by molar-refractivity contribution is -0.141. The van der Waals surface area contributed by atoms with E-state index in [1.807, 2.05) is 12.1 Å². The number of esters is 1. The van der Waals surface area contributed by atoms with Crippen molar-refractivity contribution in [2.24, 2.45) is 5.73 Å². The van der Waals surface area contributed by atoms with Crippen molar-refractivity contribution in [1.82, 2.24) is 0 Å². The highest BCUT2D eigenvalue weighted by atomic mass is 35.5. The number of halogens is 2. The van der Waals surface area contributed by atoms with Gasteiger partial charge < -0.3 is 10.5 Å². The summed E-state index contributed by atoms with van der Waals surface area (Å²) in [6.07, 6.45) is 0. The second-order valence-corrected chi connectivity index (χ2v) is 5.17. The fraction of sp³-hybridized carbons (Fsp3) is 0.364. The van der Waals surface area contributed by atoms with Gasteiger partial charge in [-0.05, 0) is 11.6 Å². The molecule has 0 fully saturated rings. The van der Waals surface area contributed by atoms with Gasteiger partial charge in [0.25, 0.3) is 0 Å². The summed E-state index contributed by atoms with van der Waals surface area (Å²) in [5, 5.41) is 1.08. The Morgan fingerprint density at radius 3 is 2.88 bits per heavy atom. The van der Waals surface area contributed by atoms with E-state index in [-0.39, 0.29) is 0 Å². The maximum atomic E-state index is 11.1. The Balaban J connectivity index is 2.46. The molecule has 0 aliphatic rings. The summed E-state index contributed by atoms with van der Waals surface area (Å²) in [5.74, 6) is 0.731. The number of carbonyl (C=O) groups excluding carboxylic acids is 1. The standard InChI is InChI=1S/C11H13Cl2NO2S/c1-16-11(15)9(14)6-17-5-7-3-2-4-8(12)10(7)13/h2-4,9H,5-6,14H2,1H3. The lowest BCUT2D eigenvalue weighted by Gasteiger charge is -2.09. The molecule has 0 aliphatic carbocycles. The van der Waals surface area contributed by atoms with Gasteiger partial charge in [0.05, 0.1) is 17.2 Å². The van der Waals surface area contributed by atoms with Crippen LogP contribution in [0.3, 0.4) is 0 Å². The molecule has 6 heteroatoms. The maximum Gasteiger partial charge on any atom is 0.323 e. The molecular weight excluding hydrogens is 281 g/mol. The molecule has 0 aromatic heterocycles. The molecule has 1 aromatic rings.